The molecule has 3 nitrogen and oxygen atoms in total. The first-order valence-corrected chi connectivity index (χ1v) is 6.59. The summed E-state index contributed by atoms with van der Waals surface area (Å²) in [6.45, 7) is 0. The average molecular weight is 251 g/mol. The van der Waals surface area contributed by atoms with Crippen LogP contribution in [0.4, 0.5) is 0 Å². The van der Waals surface area contributed by atoms with Gasteiger partial charge in [-0.05, 0) is 30.5 Å². The van der Waals surface area contributed by atoms with Gasteiger partial charge in [0, 0.05) is 11.0 Å². The quantitative estimate of drug-likeness (QED) is 0.672. The van der Waals surface area contributed by atoms with E-state index in [1.807, 2.05) is 18.4 Å². The zero-order valence-electron chi connectivity index (χ0n) is 8.51. The number of aliphatic carboxylic acids is 1. The van der Waals surface area contributed by atoms with Gasteiger partial charge in [-0.15, -0.1) is 23.1 Å². The summed E-state index contributed by atoms with van der Waals surface area (Å²) in [6, 6.07) is 6.03. The third-order valence-corrected chi connectivity index (χ3v) is 3.69. The summed E-state index contributed by atoms with van der Waals surface area (Å²) in [5.74, 6) is -0.955. The number of carbonyl (C=O) groups is 1. The Kier molecular flexibility index (Phi) is 3.26. The highest BCUT2D eigenvalue weighted by Crippen LogP contribution is 2.27. The zero-order valence-corrected chi connectivity index (χ0v) is 10.1. The molecule has 5 heteroatoms. The molecule has 0 saturated carbocycles. The van der Waals surface area contributed by atoms with Crippen molar-refractivity contribution in [1.82, 2.24) is 4.98 Å². The molecule has 0 bridgehead atoms. The van der Waals surface area contributed by atoms with Crippen molar-refractivity contribution in [3.8, 4) is 0 Å². The second-order valence-corrected chi connectivity index (χ2v) is 5.00. The van der Waals surface area contributed by atoms with Crippen molar-refractivity contribution < 1.29 is 9.90 Å². The van der Waals surface area contributed by atoms with Crippen molar-refractivity contribution in [2.75, 3.05) is 6.26 Å². The number of hydrogen-bond acceptors (Lipinski definition) is 4. The number of carboxylic acid groups (broad SMARTS) is 1. The van der Waals surface area contributed by atoms with Crippen LogP contribution in [0.3, 0.4) is 0 Å². The van der Waals surface area contributed by atoms with Gasteiger partial charge in [0.1, 0.15) is 5.01 Å². The maximum Gasteiger partial charge on any atom is 0.328 e. The van der Waals surface area contributed by atoms with Crippen LogP contribution in [0.2, 0.25) is 0 Å². The van der Waals surface area contributed by atoms with E-state index in [-0.39, 0.29) is 0 Å². The number of benzene rings is 1. The number of rotatable bonds is 3. The van der Waals surface area contributed by atoms with Crippen molar-refractivity contribution >= 4 is 45.4 Å². The maximum atomic E-state index is 10.4. The van der Waals surface area contributed by atoms with Crippen molar-refractivity contribution in [2.45, 2.75) is 4.90 Å². The highest BCUT2D eigenvalue weighted by atomic mass is 32.2. The first-order chi connectivity index (χ1) is 7.69. The summed E-state index contributed by atoms with van der Waals surface area (Å²) < 4.78 is 1.08. The van der Waals surface area contributed by atoms with E-state index in [1.165, 1.54) is 22.3 Å². The largest absolute Gasteiger partial charge is 0.478 e. The van der Waals surface area contributed by atoms with Gasteiger partial charge in [-0.3, -0.25) is 0 Å². The molecule has 1 aromatic carbocycles. The van der Waals surface area contributed by atoms with Crippen LogP contribution in [-0.4, -0.2) is 22.3 Å². The molecule has 0 saturated heterocycles. The van der Waals surface area contributed by atoms with Crippen LogP contribution in [0.5, 0.6) is 0 Å². The Hall–Kier alpha value is -1.33. The van der Waals surface area contributed by atoms with Gasteiger partial charge in [0.25, 0.3) is 0 Å². The summed E-state index contributed by atoms with van der Waals surface area (Å²) in [4.78, 5) is 15.9. The van der Waals surface area contributed by atoms with Crippen molar-refractivity contribution in [3.05, 3.63) is 29.3 Å². The fourth-order valence-electron chi connectivity index (χ4n) is 1.26. The minimum atomic E-state index is -0.955. The highest BCUT2D eigenvalue weighted by Gasteiger charge is 2.02. The third-order valence-electron chi connectivity index (χ3n) is 1.98. The molecule has 0 spiro atoms. The second kappa shape index (κ2) is 4.67. The fraction of sp³-hybridized carbons (Fsp3) is 0.0909. The summed E-state index contributed by atoms with van der Waals surface area (Å²) in [5.41, 5.74) is 0.910. The Morgan fingerprint density at radius 2 is 2.38 bits per heavy atom. The van der Waals surface area contributed by atoms with Crippen molar-refractivity contribution in [2.24, 2.45) is 0 Å². The predicted molar refractivity (Wildman–Crippen MR) is 68.1 cm³/mol. The SMILES string of the molecule is CSc1ccc2nc(/C=C/C(=O)O)sc2c1. The van der Waals surface area contributed by atoms with Gasteiger partial charge >= 0.3 is 5.97 Å². The standard InChI is InChI=1S/C11H9NO2S2/c1-15-7-2-3-8-9(6-7)16-10(12-8)4-5-11(13)14/h2-6H,1H3,(H,13,14)/b5-4+. The Morgan fingerprint density at radius 3 is 3.06 bits per heavy atom. The molecule has 0 aliphatic carbocycles. The summed E-state index contributed by atoms with van der Waals surface area (Å²) in [5, 5.41) is 9.24. The minimum Gasteiger partial charge on any atom is -0.478 e. The average Bonchev–Trinajstić information content (AvgIpc) is 2.67. The lowest BCUT2D eigenvalue weighted by atomic mass is 10.3. The van der Waals surface area contributed by atoms with E-state index in [4.69, 9.17) is 5.11 Å². The number of thiazole rings is 1. The van der Waals surface area contributed by atoms with Gasteiger partial charge in [0.05, 0.1) is 10.2 Å². The van der Waals surface area contributed by atoms with Crippen molar-refractivity contribution in [1.29, 1.82) is 0 Å². The Morgan fingerprint density at radius 1 is 1.56 bits per heavy atom. The number of carboxylic acids is 1. The fourth-order valence-corrected chi connectivity index (χ4v) is 2.69. The monoisotopic (exact) mass is 251 g/mol. The van der Waals surface area contributed by atoms with Crippen LogP contribution in [0.1, 0.15) is 5.01 Å². The molecular formula is C11H9NO2S2. The lowest BCUT2D eigenvalue weighted by Gasteiger charge is -1.93. The molecule has 0 fully saturated rings. The zero-order chi connectivity index (χ0) is 11.5. The number of nitrogens with zero attached hydrogens (tertiary/aromatic N) is 1. The highest BCUT2D eigenvalue weighted by molar-refractivity contribution is 7.98. The molecule has 1 N–H and O–H groups in total. The van der Waals surface area contributed by atoms with Crippen LogP contribution in [0, 0.1) is 0 Å². The first kappa shape index (κ1) is 11.2. The molecule has 2 aromatic rings. The Balaban J connectivity index is 2.40. The van der Waals surface area contributed by atoms with Gasteiger partial charge in [-0.2, -0.15) is 0 Å². The molecule has 1 aromatic heterocycles. The minimum absolute atomic E-state index is 0.718. The molecular weight excluding hydrogens is 242 g/mol. The van der Waals surface area contributed by atoms with E-state index < -0.39 is 5.97 Å². The van der Waals surface area contributed by atoms with Crippen LogP contribution in [0.25, 0.3) is 16.3 Å². The molecule has 0 amide bonds. The number of aromatic nitrogens is 1. The smallest absolute Gasteiger partial charge is 0.328 e. The first-order valence-electron chi connectivity index (χ1n) is 4.54. The molecule has 0 aliphatic heterocycles. The van der Waals surface area contributed by atoms with Crippen LogP contribution in [0.15, 0.2) is 29.2 Å². The molecule has 16 heavy (non-hydrogen) atoms. The molecule has 0 atom stereocenters. The molecule has 0 radical (unpaired) electrons. The Bertz CT molecular complexity index is 560. The topological polar surface area (TPSA) is 50.2 Å². The van der Waals surface area contributed by atoms with Gasteiger partial charge in [-0.25, -0.2) is 9.78 Å². The molecule has 2 rings (SSSR count). The van der Waals surface area contributed by atoms with Crippen molar-refractivity contribution in [3.63, 3.8) is 0 Å². The summed E-state index contributed by atoms with van der Waals surface area (Å²) in [6.07, 6.45) is 4.65. The van der Waals surface area contributed by atoms with E-state index >= 15 is 0 Å². The normalized spacial score (nSPS) is 11.3. The molecule has 1 heterocycles. The van der Waals surface area contributed by atoms with E-state index in [9.17, 15) is 4.79 Å². The summed E-state index contributed by atoms with van der Waals surface area (Å²) >= 11 is 3.17. The summed E-state index contributed by atoms with van der Waals surface area (Å²) in [7, 11) is 0. The van der Waals surface area contributed by atoms with E-state index in [0.717, 1.165) is 21.3 Å². The Labute approximate surface area is 101 Å². The maximum absolute atomic E-state index is 10.4. The van der Waals surface area contributed by atoms with Crippen LogP contribution >= 0.6 is 23.1 Å². The third kappa shape index (κ3) is 2.43. The predicted octanol–water partition coefficient (Wildman–Crippen LogP) is 3.12. The van der Waals surface area contributed by atoms with Gasteiger partial charge in [-0.1, -0.05) is 0 Å². The number of fused-ring (bicyclic) bond motifs is 1. The second-order valence-electron chi connectivity index (χ2n) is 3.06. The van der Waals surface area contributed by atoms with Gasteiger partial charge in [0.15, 0.2) is 0 Å². The van der Waals surface area contributed by atoms with Gasteiger partial charge in [0.2, 0.25) is 0 Å². The van der Waals surface area contributed by atoms with E-state index in [2.05, 4.69) is 11.1 Å². The van der Waals surface area contributed by atoms with E-state index in [0.29, 0.717) is 0 Å². The molecule has 0 aliphatic rings. The number of hydrogen-bond donors (Lipinski definition) is 1. The van der Waals surface area contributed by atoms with Crippen LogP contribution in [-0.2, 0) is 4.79 Å². The lowest BCUT2D eigenvalue weighted by Crippen LogP contribution is -1.84. The van der Waals surface area contributed by atoms with E-state index in [1.54, 1.807) is 11.8 Å². The van der Waals surface area contributed by atoms with Gasteiger partial charge < -0.3 is 5.11 Å². The molecule has 0 unspecified atom stereocenters. The number of thioether (sulfide) groups is 1. The van der Waals surface area contributed by atoms with Crippen LogP contribution < -0.4 is 0 Å². The molecule has 82 valence electrons. The lowest BCUT2D eigenvalue weighted by molar-refractivity contribution is -0.131.